The Labute approximate surface area is 248 Å². The highest BCUT2D eigenvalue weighted by molar-refractivity contribution is 6.96. The van der Waals surface area contributed by atoms with Gasteiger partial charge in [-0.15, -0.1) is 0 Å². The molecule has 6 rings (SSSR count). The van der Waals surface area contributed by atoms with Gasteiger partial charge in [-0.3, -0.25) is 0 Å². The molecule has 208 valence electrons. The van der Waals surface area contributed by atoms with Crippen molar-refractivity contribution in [1.82, 2.24) is 0 Å². The molecule has 0 saturated heterocycles. The molecular weight excluding hydrogens is 509 g/mol. The second-order valence-electron chi connectivity index (χ2n) is 12.9. The fraction of sp³-hybridized carbons (Fsp3) is 0.300. The van der Waals surface area contributed by atoms with Gasteiger partial charge in [-0.05, 0) is 77.6 Å². The second kappa shape index (κ2) is 11.1. The van der Waals surface area contributed by atoms with Crippen molar-refractivity contribution in [3.8, 4) is 22.3 Å². The van der Waals surface area contributed by atoms with Gasteiger partial charge in [-0.2, -0.15) is 0 Å². The summed E-state index contributed by atoms with van der Waals surface area (Å²) in [7, 11) is -2.08. The zero-order valence-electron chi connectivity index (χ0n) is 25.8. The van der Waals surface area contributed by atoms with Gasteiger partial charge in [0.15, 0.2) is 0 Å². The van der Waals surface area contributed by atoms with Crippen LogP contribution in [0.4, 0.5) is 0 Å². The van der Waals surface area contributed by atoms with E-state index in [2.05, 4.69) is 132 Å². The van der Waals surface area contributed by atoms with Crippen molar-refractivity contribution in [3.63, 3.8) is 0 Å². The molecule has 0 N–H and O–H groups in total. The molecular formula is C40H44Si. The monoisotopic (exact) mass is 552 g/mol. The molecule has 4 aromatic carbocycles. The van der Waals surface area contributed by atoms with E-state index in [4.69, 9.17) is 0 Å². The molecule has 0 aromatic heterocycles. The number of hydrogen-bond donors (Lipinski definition) is 0. The van der Waals surface area contributed by atoms with Gasteiger partial charge < -0.3 is 0 Å². The smallest absolute Gasteiger partial charge is 0.0659 e. The molecule has 0 fully saturated rings. The van der Waals surface area contributed by atoms with Crippen LogP contribution >= 0.6 is 0 Å². The third kappa shape index (κ3) is 4.89. The van der Waals surface area contributed by atoms with Crippen molar-refractivity contribution in [2.75, 3.05) is 0 Å². The Bertz CT molecular complexity index is 1640. The maximum Gasteiger partial charge on any atom is 0.0931 e. The maximum absolute atomic E-state index is 2.69. The van der Waals surface area contributed by atoms with Gasteiger partial charge >= 0.3 is 0 Å². The van der Waals surface area contributed by atoms with E-state index in [1.165, 1.54) is 70.2 Å². The Kier molecular flexibility index (Phi) is 7.51. The van der Waals surface area contributed by atoms with Gasteiger partial charge in [0.05, 0.1) is 8.07 Å². The molecule has 41 heavy (non-hydrogen) atoms. The van der Waals surface area contributed by atoms with E-state index in [1.807, 2.05) is 0 Å². The van der Waals surface area contributed by atoms with Crippen LogP contribution in [0.3, 0.4) is 0 Å². The van der Waals surface area contributed by atoms with Crippen LogP contribution in [0.2, 0.25) is 13.1 Å². The number of benzene rings is 4. The predicted molar refractivity (Wildman–Crippen MR) is 182 cm³/mol. The molecule has 1 unspecified atom stereocenters. The van der Waals surface area contributed by atoms with E-state index >= 15 is 0 Å². The van der Waals surface area contributed by atoms with Gasteiger partial charge in [0.1, 0.15) is 0 Å². The summed E-state index contributed by atoms with van der Waals surface area (Å²) in [5, 5.41) is 1.74. The summed E-state index contributed by atoms with van der Waals surface area (Å²) in [6, 6.07) is 32.5. The lowest BCUT2D eigenvalue weighted by molar-refractivity contribution is 0.862. The standard InChI is InChI=1S/C40H44Si/c1-7-11-33-25-31-13-9-15-35(29-21-17-27(3)18-22-29)37(31)39(33)41(5,6)40-34(12-8-2)26-32-14-10-16-36(38(32)40)30-23-19-28(4)20-24-30/h9-10,13-25,39H,7-8,11-12,26H2,1-6H3. The molecule has 0 bridgehead atoms. The fourth-order valence-corrected chi connectivity index (χ4v) is 12.3. The highest BCUT2D eigenvalue weighted by Gasteiger charge is 2.46. The van der Waals surface area contributed by atoms with E-state index in [9.17, 15) is 0 Å². The van der Waals surface area contributed by atoms with Gasteiger partial charge in [0.2, 0.25) is 0 Å². The lowest BCUT2D eigenvalue weighted by Gasteiger charge is -2.37. The van der Waals surface area contributed by atoms with Crippen molar-refractivity contribution in [3.05, 3.63) is 129 Å². The summed E-state index contributed by atoms with van der Waals surface area (Å²) in [6.45, 7) is 14.4. The largest absolute Gasteiger partial charge is 0.0931 e. The molecule has 0 aliphatic heterocycles. The minimum atomic E-state index is -2.08. The Morgan fingerprint density at radius 3 is 1.90 bits per heavy atom. The van der Waals surface area contributed by atoms with Crippen molar-refractivity contribution in [2.45, 2.75) is 78.4 Å². The second-order valence-corrected chi connectivity index (χ2v) is 17.4. The SMILES string of the molecule is CCCC1=Cc2cccc(-c3ccc(C)cc3)c2C1[Si](C)(C)C1=C(CCC)Cc2cccc(-c3ccc(C)cc3)c21. The Morgan fingerprint density at radius 1 is 0.683 bits per heavy atom. The van der Waals surface area contributed by atoms with Crippen LogP contribution in [0.1, 0.15) is 78.5 Å². The third-order valence-electron chi connectivity index (χ3n) is 9.48. The van der Waals surface area contributed by atoms with Crippen LogP contribution in [0.15, 0.2) is 96.1 Å². The minimum Gasteiger partial charge on any atom is -0.0659 e. The number of fused-ring (bicyclic) bond motifs is 2. The van der Waals surface area contributed by atoms with Crippen molar-refractivity contribution < 1.29 is 0 Å². The summed E-state index contributed by atoms with van der Waals surface area (Å²) < 4.78 is 0. The average Bonchev–Trinajstić information content (AvgIpc) is 3.53. The van der Waals surface area contributed by atoms with Crippen LogP contribution < -0.4 is 0 Å². The molecule has 0 nitrogen and oxygen atoms in total. The molecule has 1 atom stereocenters. The Hall–Kier alpha value is -3.42. The highest BCUT2D eigenvalue weighted by Crippen LogP contribution is 2.55. The summed E-state index contributed by atoms with van der Waals surface area (Å²) in [5.41, 5.74) is 18.2. The topological polar surface area (TPSA) is 0 Å². The minimum absolute atomic E-state index is 0.480. The summed E-state index contributed by atoms with van der Waals surface area (Å²) in [6.07, 6.45) is 8.43. The number of allylic oxidation sites excluding steroid dienone is 2. The summed E-state index contributed by atoms with van der Waals surface area (Å²) in [4.78, 5) is 0. The van der Waals surface area contributed by atoms with Crippen molar-refractivity contribution in [1.29, 1.82) is 0 Å². The first-order valence-corrected chi connectivity index (χ1v) is 18.7. The first-order valence-electron chi connectivity index (χ1n) is 15.7. The Balaban J connectivity index is 1.57. The first kappa shape index (κ1) is 27.7. The molecule has 0 radical (unpaired) electrons. The lowest BCUT2D eigenvalue weighted by Crippen LogP contribution is -2.38. The molecule has 1 heteroatoms. The number of hydrogen-bond acceptors (Lipinski definition) is 0. The average molecular weight is 553 g/mol. The normalized spacial score (nSPS) is 16.1. The van der Waals surface area contributed by atoms with Gasteiger partial charge in [-0.25, -0.2) is 0 Å². The molecule has 4 aromatic rings. The van der Waals surface area contributed by atoms with Gasteiger partial charge in [-0.1, -0.05) is 158 Å². The zero-order chi connectivity index (χ0) is 28.7. The number of rotatable bonds is 8. The van der Waals surface area contributed by atoms with E-state index in [-0.39, 0.29) is 0 Å². The van der Waals surface area contributed by atoms with Crippen LogP contribution in [0, 0.1) is 13.8 Å². The third-order valence-corrected chi connectivity index (χ3v) is 13.5. The van der Waals surface area contributed by atoms with E-state index in [1.54, 1.807) is 27.5 Å². The highest BCUT2D eigenvalue weighted by atomic mass is 28.3. The molecule has 0 amide bonds. The predicted octanol–water partition coefficient (Wildman–Crippen LogP) is 11.5. The first-order chi connectivity index (χ1) is 19.8. The van der Waals surface area contributed by atoms with E-state index in [0.717, 1.165) is 6.42 Å². The molecule has 0 saturated carbocycles. The Morgan fingerprint density at radius 2 is 1.27 bits per heavy atom. The van der Waals surface area contributed by atoms with E-state index < -0.39 is 8.07 Å². The summed E-state index contributed by atoms with van der Waals surface area (Å²) in [5.74, 6) is 0. The quantitative estimate of drug-likeness (QED) is 0.191. The fourth-order valence-electron chi connectivity index (χ4n) is 7.76. The summed E-state index contributed by atoms with van der Waals surface area (Å²) >= 11 is 0. The van der Waals surface area contributed by atoms with E-state index in [0.29, 0.717) is 5.54 Å². The van der Waals surface area contributed by atoms with Gasteiger partial charge in [0, 0.05) is 5.54 Å². The zero-order valence-corrected chi connectivity index (χ0v) is 26.8. The molecule has 0 heterocycles. The van der Waals surface area contributed by atoms with Crippen LogP contribution in [-0.2, 0) is 6.42 Å². The lowest BCUT2D eigenvalue weighted by atomic mass is 9.94. The molecule has 0 spiro atoms. The number of aryl methyl sites for hydroxylation is 2. The van der Waals surface area contributed by atoms with Crippen molar-refractivity contribution >= 4 is 19.3 Å². The molecule has 2 aliphatic rings. The van der Waals surface area contributed by atoms with Crippen LogP contribution in [-0.4, -0.2) is 8.07 Å². The van der Waals surface area contributed by atoms with Crippen molar-refractivity contribution in [2.24, 2.45) is 0 Å². The van der Waals surface area contributed by atoms with Gasteiger partial charge in [0.25, 0.3) is 0 Å². The van der Waals surface area contributed by atoms with Crippen LogP contribution in [0.5, 0.6) is 0 Å². The molecule has 2 aliphatic carbocycles. The van der Waals surface area contributed by atoms with Crippen LogP contribution in [0.25, 0.3) is 33.5 Å². The maximum atomic E-state index is 2.69.